The van der Waals surface area contributed by atoms with Crippen molar-refractivity contribution in [3.63, 3.8) is 0 Å². The number of carbonyl (C=O) groups excluding carboxylic acids is 2. The lowest BCUT2D eigenvalue weighted by Crippen LogP contribution is -2.51. The fourth-order valence-corrected chi connectivity index (χ4v) is 3.97. The van der Waals surface area contributed by atoms with E-state index in [1.165, 1.54) is 4.68 Å². The van der Waals surface area contributed by atoms with E-state index in [1.54, 1.807) is 48.2 Å². The number of hydrogen-bond donors (Lipinski definition) is 1. The molecule has 1 fully saturated rings. The van der Waals surface area contributed by atoms with Crippen LogP contribution in [-0.2, 0) is 16.6 Å². The number of nitrogens with one attached hydrogen (secondary N) is 1. The van der Waals surface area contributed by atoms with Gasteiger partial charge in [0.2, 0.25) is 5.91 Å². The van der Waals surface area contributed by atoms with E-state index in [-0.39, 0.29) is 23.9 Å². The fourth-order valence-electron chi connectivity index (χ4n) is 3.97. The molecule has 0 bridgehead atoms. The molecule has 0 radical (unpaired) electrons. The van der Waals surface area contributed by atoms with Gasteiger partial charge in [0.15, 0.2) is 0 Å². The third-order valence-electron chi connectivity index (χ3n) is 5.68. The van der Waals surface area contributed by atoms with Crippen LogP contribution in [0.4, 0.5) is 0 Å². The Morgan fingerprint density at radius 1 is 1.09 bits per heavy atom. The first-order chi connectivity index (χ1) is 16.0. The van der Waals surface area contributed by atoms with Gasteiger partial charge >= 0.3 is 0 Å². The number of ether oxygens (including phenoxy) is 1. The summed E-state index contributed by atoms with van der Waals surface area (Å²) < 4.78 is 7.99. The molecule has 0 aromatic heterocycles. The summed E-state index contributed by atoms with van der Waals surface area (Å²) in [6.07, 6.45) is 3.41. The highest BCUT2D eigenvalue weighted by molar-refractivity contribution is 6.00. The van der Waals surface area contributed by atoms with Gasteiger partial charge in [0.1, 0.15) is 5.69 Å². The Bertz CT molecular complexity index is 1150. The van der Waals surface area contributed by atoms with Gasteiger partial charge in [-0.15, -0.1) is 0 Å². The van der Waals surface area contributed by atoms with Gasteiger partial charge in [0.05, 0.1) is 30.0 Å². The SMILES string of the molecule is COCCNC(=O)CN1CCN(C(=O)c2cn(C)cc3c(=O)n(-c4ccccc4)nc2-3)CC1. The van der Waals surface area contributed by atoms with Crippen molar-refractivity contribution in [2.24, 2.45) is 7.05 Å². The zero-order valence-corrected chi connectivity index (χ0v) is 18.9. The average Bonchev–Trinajstić information content (AvgIpc) is 3.15. The van der Waals surface area contributed by atoms with Gasteiger partial charge in [0.25, 0.3) is 11.5 Å². The van der Waals surface area contributed by atoms with E-state index in [1.807, 2.05) is 23.1 Å². The molecule has 0 atom stereocenters. The molecule has 3 aliphatic heterocycles. The maximum atomic E-state index is 13.4. The van der Waals surface area contributed by atoms with Crippen molar-refractivity contribution in [3.8, 4) is 16.9 Å². The van der Waals surface area contributed by atoms with Crippen LogP contribution in [-0.4, -0.2) is 88.9 Å². The summed E-state index contributed by atoms with van der Waals surface area (Å²) in [6.45, 7) is 3.42. The molecule has 0 spiro atoms. The van der Waals surface area contributed by atoms with Crippen LogP contribution in [0.5, 0.6) is 0 Å². The van der Waals surface area contributed by atoms with Crippen LogP contribution in [0.25, 0.3) is 16.9 Å². The Hall–Kier alpha value is -3.50. The van der Waals surface area contributed by atoms with E-state index >= 15 is 0 Å². The number of aromatic nitrogens is 3. The van der Waals surface area contributed by atoms with Crippen LogP contribution in [0.2, 0.25) is 0 Å². The molecule has 1 aromatic rings. The highest BCUT2D eigenvalue weighted by Crippen LogP contribution is 2.23. The molecule has 4 rings (SSSR count). The highest BCUT2D eigenvalue weighted by atomic mass is 16.5. The molecule has 2 amide bonds. The molecular weight excluding hydrogens is 424 g/mol. The van der Waals surface area contributed by atoms with Crippen molar-refractivity contribution in [2.75, 3.05) is 53.0 Å². The molecular formula is C23H28N6O4. The van der Waals surface area contributed by atoms with Crippen LogP contribution in [0, 0.1) is 0 Å². The maximum absolute atomic E-state index is 13.4. The summed E-state index contributed by atoms with van der Waals surface area (Å²) in [7, 11) is 3.38. The highest BCUT2D eigenvalue weighted by Gasteiger charge is 2.29. The summed E-state index contributed by atoms with van der Waals surface area (Å²) in [5, 5.41) is 7.31. The second-order valence-corrected chi connectivity index (χ2v) is 8.06. The van der Waals surface area contributed by atoms with Crippen molar-refractivity contribution in [1.82, 2.24) is 29.5 Å². The van der Waals surface area contributed by atoms with Gasteiger partial charge in [-0.2, -0.15) is 9.78 Å². The van der Waals surface area contributed by atoms with Crippen molar-refractivity contribution in [3.05, 3.63) is 58.6 Å². The van der Waals surface area contributed by atoms with E-state index in [0.717, 1.165) is 0 Å². The number of para-hydroxylation sites is 1. The Morgan fingerprint density at radius 3 is 2.52 bits per heavy atom. The number of aryl methyl sites for hydroxylation is 1. The lowest BCUT2D eigenvalue weighted by molar-refractivity contribution is -0.122. The summed E-state index contributed by atoms with van der Waals surface area (Å²) in [5.41, 5.74) is 1.58. The van der Waals surface area contributed by atoms with E-state index in [9.17, 15) is 14.4 Å². The van der Waals surface area contributed by atoms with Gasteiger partial charge in [-0.25, -0.2) is 0 Å². The Morgan fingerprint density at radius 2 is 1.82 bits per heavy atom. The van der Waals surface area contributed by atoms with Gasteiger partial charge < -0.3 is 19.5 Å². The van der Waals surface area contributed by atoms with E-state index in [2.05, 4.69) is 10.4 Å². The first-order valence-electron chi connectivity index (χ1n) is 10.9. The van der Waals surface area contributed by atoms with Crippen LogP contribution in [0.15, 0.2) is 47.5 Å². The topological polar surface area (TPSA) is 102 Å². The molecule has 0 unspecified atom stereocenters. The predicted molar refractivity (Wildman–Crippen MR) is 123 cm³/mol. The minimum atomic E-state index is -0.259. The summed E-state index contributed by atoms with van der Waals surface area (Å²) in [5.74, 6) is -0.226. The average molecular weight is 453 g/mol. The number of nitrogens with zero attached hydrogens (tertiary/aromatic N) is 5. The number of pyridine rings is 1. The number of carbonyl (C=O) groups is 2. The van der Waals surface area contributed by atoms with E-state index < -0.39 is 0 Å². The molecule has 0 saturated carbocycles. The summed E-state index contributed by atoms with van der Waals surface area (Å²) in [6, 6.07) is 9.16. The monoisotopic (exact) mass is 452 g/mol. The van der Waals surface area contributed by atoms with Crippen LogP contribution in [0.3, 0.4) is 0 Å². The first kappa shape index (κ1) is 22.7. The number of fused-ring (bicyclic) bond motifs is 1. The molecule has 3 heterocycles. The lowest BCUT2D eigenvalue weighted by Gasteiger charge is -2.34. The largest absolute Gasteiger partial charge is 0.383 e. The van der Waals surface area contributed by atoms with E-state index in [4.69, 9.17) is 4.74 Å². The maximum Gasteiger partial charge on any atom is 0.282 e. The van der Waals surface area contributed by atoms with Gasteiger partial charge in [0, 0.05) is 59.3 Å². The number of piperazine rings is 1. The molecule has 33 heavy (non-hydrogen) atoms. The predicted octanol–water partition coefficient (Wildman–Crippen LogP) is 0.196. The van der Waals surface area contributed by atoms with E-state index in [0.29, 0.717) is 61.8 Å². The van der Waals surface area contributed by atoms with Crippen molar-refractivity contribution in [2.45, 2.75) is 0 Å². The van der Waals surface area contributed by atoms with Gasteiger partial charge in [-0.1, -0.05) is 18.2 Å². The molecule has 10 heteroatoms. The van der Waals surface area contributed by atoms with Crippen LogP contribution in [0.1, 0.15) is 10.4 Å². The molecule has 1 N–H and O–H groups in total. The molecule has 174 valence electrons. The minimum Gasteiger partial charge on any atom is -0.383 e. The number of amides is 2. The summed E-state index contributed by atoms with van der Waals surface area (Å²) in [4.78, 5) is 42.2. The Kier molecular flexibility index (Phi) is 6.85. The molecule has 10 nitrogen and oxygen atoms in total. The zero-order valence-electron chi connectivity index (χ0n) is 18.9. The lowest BCUT2D eigenvalue weighted by atomic mass is 10.1. The number of hydrogen-bond acceptors (Lipinski definition) is 6. The molecule has 3 aliphatic rings. The Labute approximate surface area is 191 Å². The Balaban J connectivity index is 1.49. The smallest absolute Gasteiger partial charge is 0.282 e. The van der Waals surface area contributed by atoms with Crippen LogP contribution >= 0.6 is 0 Å². The fraction of sp³-hybridized carbons (Fsp3) is 0.391. The molecule has 1 aromatic carbocycles. The number of methoxy groups -OCH3 is 1. The molecule has 1 saturated heterocycles. The zero-order chi connectivity index (χ0) is 23.4. The normalized spacial score (nSPS) is 14.5. The quantitative estimate of drug-likeness (QED) is 0.514. The van der Waals surface area contributed by atoms with Gasteiger partial charge in [-0.05, 0) is 12.1 Å². The van der Waals surface area contributed by atoms with Crippen molar-refractivity contribution < 1.29 is 14.3 Å². The van der Waals surface area contributed by atoms with Gasteiger partial charge in [-0.3, -0.25) is 19.3 Å². The summed E-state index contributed by atoms with van der Waals surface area (Å²) >= 11 is 0. The first-order valence-corrected chi connectivity index (χ1v) is 10.9. The third kappa shape index (κ3) is 4.96. The van der Waals surface area contributed by atoms with Crippen LogP contribution < -0.4 is 10.9 Å². The van der Waals surface area contributed by atoms with Crippen molar-refractivity contribution in [1.29, 1.82) is 0 Å². The number of benzene rings is 1. The van der Waals surface area contributed by atoms with Crippen molar-refractivity contribution >= 4 is 11.8 Å². The standard InChI is InChI=1S/C23H28N6O4/c1-26-14-18(21-19(15-26)23(32)29(25-21)17-6-4-3-5-7-17)22(31)28-11-9-27(10-12-28)16-20(30)24-8-13-33-2/h3-7,14-15H,8-13,16H2,1-2H3,(H,24,30). The third-order valence-corrected chi connectivity index (χ3v) is 5.68. The molecule has 0 aliphatic carbocycles. The number of rotatable bonds is 7. The second-order valence-electron chi connectivity index (χ2n) is 8.06. The second kappa shape index (κ2) is 9.97. The minimum absolute atomic E-state index is 0.0574.